The Balaban J connectivity index is 1.84. The molecule has 0 aliphatic carbocycles. The minimum atomic E-state index is -0.661. The van der Waals surface area contributed by atoms with Crippen LogP contribution in [-0.2, 0) is 16.6 Å². The number of ether oxygens (including phenoxy) is 2. The quantitative estimate of drug-likeness (QED) is 0.704. The third kappa shape index (κ3) is 3.25. The lowest BCUT2D eigenvalue weighted by Gasteiger charge is -2.51. The summed E-state index contributed by atoms with van der Waals surface area (Å²) in [5.74, 6) is -1.18. The molecule has 4 rings (SSSR count). The lowest BCUT2D eigenvalue weighted by molar-refractivity contribution is -0.0980. The van der Waals surface area contributed by atoms with Crippen LogP contribution in [0.3, 0.4) is 0 Å². The molecule has 2 aliphatic rings. The Bertz CT molecular complexity index is 912. The highest BCUT2D eigenvalue weighted by molar-refractivity contribution is 6.30. The van der Waals surface area contributed by atoms with Gasteiger partial charge in [0.15, 0.2) is 11.6 Å². The summed E-state index contributed by atoms with van der Waals surface area (Å²) < 4.78 is 41.2. The number of fused-ring (bicyclic) bond motifs is 3. The third-order valence-corrected chi connectivity index (χ3v) is 6.23. The van der Waals surface area contributed by atoms with E-state index in [-0.39, 0.29) is 24.4 Å². The summed E-state index contributed by atoms with van der Waals surface area (Å²) in [6, 6.07) is 11.9. The van der Waals surface area contributed by atoms with Crippen molar-refractivity contribution in [2.45, 2.75) is 37.2 Å². The minimum absolute atomic E-state index is 0.00569. The molecule has 2 aromatic carbocycles. The fraction of sp³-hybridized carbons (Fsp3) is 0.409. The van der Waals surface area contributed by atoms with Crippen molar-refractivity contribution >= 4 is 11.6 Å². The summed E-state index contributed by atoms with van der Waals surface area (Å²) in [7, 11) is 0. The van der Waals surface area contributed by atoms with Crippen LogP contribution in [0.5, 0.6) is 5.75 Å². The highest BCUT2D eigenvalue weighted by atomic mass is 35.5. The fourth-order valence-electron chi connectivity index (χ4n) is 4.70. The Morgan fingerprint density at radius 2 is 1.89 bits per heavy atom. The molecule has 0 unspecified atom stereocenters. The van der Waals surface area contributed by atoms with E-state index in [1.54, 1.807) is 12.1 Å². The largest absolute Gasteiger partial charge is 0.490 e. The van der Waals surface area contributed by atoms with E-state index in [1.165, 1.54) is 6.07 Å². The van der Waals surface area contributed by atoms with Crippen molar-refractivity contribution in [2.24, 2.45) is 5.92 Å². The minimum Gasteiger partial charge on any atom is -0.490 e. The van der Waals surface area contributed by atoms with E-state index < -0.39 is 17.0 Å². The second kappa shape index (κ2) is 7.69. The van der Waals surface area contributed by atoms with Crippen molar-refractivity contribution < 1.29 is 18.3 Å². The van der Waals surface area contributed by atoms with Gasteiger partial charge in [-0.3, -0.25) is 0 Å². The van der Waals surface area contributed by atoms with Crippen molar-refractivity contribution in [2.75, 3.05) is 13.2 Å². The molecule has 6 heteroatoms. The van der Waals surface area contributed by atoms with E-state index in [1.807, 2.05) is 12.1 Å². The monoisotopic (exact) mass is 403 g/mol. The number of hydrogen-bond acceptors (Lipinski definition) is 3. The van der Waals surface area contributed by atoms with Gasteiger partial charge in [0.1, 0.15) is 5.82 Å². The maximum atomic E-state index is 15.1. The standard InChI is InChI=1S/C22H20ClF2NO2/c23-15-5-3-14(4-6-15)12-22-9-11-27-19(2-1-10-26)16(22)13-28-21-18(25)8-7-17(24)20(21)22/h3-8,16,19H,1-2,9,11-13H2/t16-,19-,22-/m1/s1. The summed E-state index contributed by atoms with van der Waals surface area (Å²) >= 11 is 6.02. The molecule has 0 spiro atoms. The van der Waals surface area contributed by atoms with Gasteiger partial charge >= 0.3 is 0 Å². The number of halogens is 3. The molecule has 146 valence electrons. The number of nitriles is 1. The molecule has 1 saturated heterocycles. The zero-order chi connectivity index (χ0) is 19.7. The van der Waals surface area contributed by atoms with E-state index in [2.05, 4.69) is 6.07 Å². The van der Waals surface area contributed by atoms with Gasteiger partial charge in [-0.1, -0.05) is 23.7 Å². The average Bonchev–Trinajstić information content (AvgIpc) is 2.70. The Morgan fingerprint density at radius 1 is 1.14 bits per heavy atom. The van der Waals surface area contributed by atoms with Crippen molar-refractivity contribution in [3.8, 4) is 11.8 Å². The zero-order valence-corrected chi connectivity index (χ0v) is 16.0. The van der Waals surface area contributed by atoms with E-state index >= 15 is 4.39 Å². The van der Waals surface area contributed by atoms with Gasteiger partial charge in [0.25, 0.3) is 0 Å². The smallest absolute Gasteiger partial charge is 0.165 e. The zero-order valence-electron chi connectivity index (χ0n) is 15.3. The van der Waals surface area contributed by atoms with Crippen LogP contribution < -0.4 is 4.74 Å². The van der Waals surface area contributed by atoms with Crippen LogP contribution in [0.15, 0.2) is 36.4 Å². The molecule has 1 fully saturated rings. The van der Waals surface area contributed by atoms with Crippen LogP contribution in [0.2, 0.25) is 5.02 Å². The Hall–Kier alpha value is -2.16. The molecule has 0 bridgehead atoms. The van der Waals surface area contributed by atoms with Crippen LogP contribution >= 0.6 is 11.6 Å². The predicted molar refractivity (Wildman–Crippen MR) is 101 cm³/mol. The topological polar surface area (TPSA) is 42.2 Å². The van der Waals surface area contributed by atoms with Crippen LogP contribution in [0, 0.1) is 28.9 Å². The molecule has 2 heterocycles. The molecule has 0 saturated carbocycles. The SMILES string of the molecule is N#CCC[C@H]1OCC[C@]2(Cc3ccc(Cl)cc3)c3c(F)ccc(F)c3OC[C@H]12. The molecule has 28 heavy (non-hydrogen) atoms. The van der Waals surface area contributed by atoms with E-state index in [0.717, 1.165) is 11.6 Å². The van der Waals surface area contributed by atoms with Gasteiger partial charge in [-0.05, 0) is 49.1 Å². The van der Waals surface area contributed by atoms with Crippen LogP contribution in [0.1, 0.15) is 30.4 Å². The highest BCUT2D eigenvalue weighted by Crippen LogP contribution is 2.52. The van der Waals surface area contributed by atoms with Crippen molar-refractivity contribution in [3.63, 3.8) is 0 Å². The van der Waals surface area contributed by atoms with Crippen LogP contribution in [0.25, 0.3) is 0 Å². The number of nitrogens with zero attached hydrogens (tertiary/aromatic N) is 1. The molecule has 0 radical (unpaired) electrons. The predicted octanol–water partition coefficient (Wildman–Crippen LogP) is 5.20. The summed E-state index contributed by atoms with van der Waals surface area (Å²) in [5, 5.41) is 9.62. The molecule has 0 aromatic heterocycles. The maximum absolute atomic E-state index is 15.1. The maximum Gasteiger partial charge on any atom is 0.165 e. The first-order chi connectivity index (χ1) is 13.5. The summed E-state index contributed by atoms with van der Waals surface area (Å²) in [4.78, 5) is 0. The van der Waals surface area contributed by atoms with Gasteiger partial charge in [0, 0.05) is 34.9 Å². The third-order valence-electron chi connectivity index (χ3n) is 5.98. The van der Waals surface area contributed by atoms with Crippen LogP contribution in [0.4, 0.5) is 8.78 Å². The molecule has 0 amide bonds. The van der Waals surface area contributed by atoms with Crippen molar-refractivity contribution in [3.05, 3.63) is 64.2 Å². The molecule has 0 N–H and O–H groups in total. The van der Waals surface area contributed by atoms with Crippen LogP contribution in [-0.4, -0.2) is 19.3 Å². The lowest BCUT2D eigenvalue weighted by atomic mass is 9.60. The van der Waals surface area contributed by atoms with Gasteiger partial charge in [0.05, 0.1) is 18.8 Å². The van der Waals surface area contributed by atoms with Gasteiger partial charge in [-0.25, -0.2) is 8.78 Å². The van der Waals surface area contributed by atoms with Gasteiger partial charge < -0.3 is 9.47 Å². The molecule has 2 aliphatic heterocycles. The number of hydrogen-bond donors (Lipinski definition) is 0. The molecular weight excluding hydrogens is 384 g/mol. The first kappa shape index (κ1) is 19.2. The average molecular weight is 404 g/mol. The lowest BCUT2D eigenvalue weighted by Crippen LogP contribution is -2.54. The van der Waals surface area contributed by atoms with Gasteiger partial charge in [-0.15, -0.1) is 0 Å². The van der Waals surface area contributed by atoms with Crippen molar-refractivity contribution in [1.29, 1.82) is 5.26 Å². The Labute approximate surface area is 167 Å². The number of benzene rings is 2. The van der Waals surface area contributed by atoms with E-state index in [9.17, 15) is 4.39 Å². The highest BCUT2D eigenvalue weighted by Gasteiger charge is 2.53. The summed E-state index contributed by atoms with van der Waals surface area (Å²) in [5.41, 5.74) is 0.627. The molecule has 3 atom stereocenters. The molecule has 3 nitrogen and oxygen atoms in total. The second-order valence-electron chi connectivity index (χ2n) is 7.47. The Morgan fingerprint density at radius 3 is 2.64 bits per heavy atom. The first-order valence-corrected chi connectivity index (χ1v) is 9.77. The summed E-state index contributed by atoms with van der Waals surface area (Å²) in [6.45, 7) is 0.659. The van der Waals surface area contributed by atoms with Crippen molar-refractivity contribution in [1.82, 2.24) is 0 Å². The Kier molecular flexibility index (Phi) is 5.27. The molecule has 2 aromatic rings. The first-order valence-electron chi connectivity index (χ1n) is 9.39. The fourth-order valence-corrected chi connectivity index (χ4v) is 4.83. The van der Waals surface area contributed by atoms with Gasteiger partial charge in [-0.2, -0.15) is 5.26 Å². The van der Waals surface area contributed by atoms with Gasteiger partial charge in [0.2, 0.25) is 0 Å². The second-order valence-corrected chi connectivity index (χ2v) is 7.90. The normalized spacial score (nSPS) is 25.9. The van der Waals surface area contributed by atoms with E-state index in [4.69, 9.17) is 26.3 Å². The molecular formula is C22H20ClF2NO2. The summed E-state index contributed by atoms with van der Waals surface area (Å²) in [6.07, 6.45) is 1.73. The van der Waals surface area contributed by atoms with E-state index in [0.29, 0.717) is 42.9 Å². The number of rotatable bonds is 4.